The lowest BCUT2D eigenvalue weighted by molar-refractivity contribution is 0.0497. The second-order valence-electron chi connectivity index (χ2n) is 6.61. The van der Waals surface area contributed by atoms with Gasteiger partial charge in [-0.1, -0.05) is 12.1 Å². The standard InChI is InChI=1S/C17H27NO2/c1-17(2,3)18-12-14-4-6-16(7-5-14)20-13-15-8-10-19-11-9-15/h4-7,15,18H,8-13H2,1-3H3. The van der Waals surface area contributed by atoms with E-state index in [0.717, 1.165) is 45.0 Å². The van der Waals surface area contributed by atoms with Crippen LogP contribution in [0.2, 0.25) is 0 Å². The lowest BCUT2D eigenvalue weighted by Gasteiger charge is -2.22. The van der Waals surface area contributed by atoms with Crippen molar-refractivity contribution in [3.8, 4) is 5.75 Å². The van der Waals surface area contributed by atoms with Crippen LogP contribution in [0, 0.1) is 5.92 Å². The van der Waals surface area contributed by atoms with E-state index in [4.69, 9.17) is 9.47 Å². The Balaban J connectivity index is 1.76. The monoisotopic (exact) mass is 277 g/mol. The van der Waals surface area contributed by atoms with Gasteiger partial charge in [0.2, 0.25) is 0 Å². The molecule has 0 aromatic heterocycles. The van der Waals surface area contributed by atoms with E-state index in [0.29, 0.717) is 5.92 Å². The van der Waals surface area contributed by atoms with Gasteiger partial charge in [-0.05, 0) is 57.2 Å². The Morgan fingerprint density at radius 3 is 2.40 bits per heavy atom. The molecule has 0 aliphatic carbocycles. The molecule has 0 amide bonds. The summed E-state index contributed by atoms with van der Waals surface area (Å²) in [5, 5.41) is 3.49. The summed E-state index contributed by atoms with van der Waals surface area (Å²) in [4.78, 5) is 0. The molecular weight excluding hydrogens is 250 g/mol. The van der Waals surface area contributed by atoms with Gasteiger partial charge in [0, 0.05) is 25.3 Å². The predicted molar refractivity (Wildman–Crippen MR) is 82.1 cm³/mol. The second-order valence-corrected chi connectivity index (χ2v) is 6.61. The molecule has 1 aliphatic rings. The highest BCUT2D eigenvalue weighted by Crippen LogP contribution is 2.18. The zero-order chi connectivity index (χ0) is 14.4. The summed E-state index contributed by atoms with van der Waals surface area (Å²) in [7, 11) is 0. The molecule has 1 fully saturated rings. The number of hydrogen-bond acceptors (Lipinski definition) is 3. The molecule has 2 rings (SSSR count). The summed E-state index contributed by atoms with van der Waals surface area (Å²) in [6.07, 6.45) is 2.24. The van der Waals surface area contributed by atoms with Gasteiger partial charge in [0.1, 0.15) is 5.75 Å². The van der Waals surface area contributed by atoms with Crippen molar-refractivity contribution in [1.82, 2.24) is 5.32 Å². The van der Waals surface area contributed by atoms with E-state index in [-0.39, 0.29) is 5.54 Å². The van der Waals surface area contributed by atoms with E-state index in [1.165, 1.54) is 5.56 Å². The van der Waals surface area contributed by atoms with Gasteiger partial charge in [-0.2, -0.15) is 0 Å². The van der Waals surface area contributed by atoms with E-state index in [1.54, 1.807) is 0 Å². The van der Waals surface area contributed by atoms with Gasteiger partial charge in [0.05, 0.1) is 6.61 Å². The van der Waals surface area contributed by atoms with Crippen molar-refractivity contribution in [3.05, 3.63) is 29.8 Å². The van der Waals surface area contributed by atoms with Crippen LogP contribution in [0.3, 0.4) is 0 Å². The van der Waals surface area contributed by atoms with Crippen LogP contribution in [-0.4, -0.2) is 25.4 Å². The average Bonchev–Trinajstić information content (AvgIpc) is 2.44. The first-order valence-electron chi connectivity index (χ1n) is 7.57. The molecule has 1 aliphatic heterocycles. The van der Waals surface area contributed by atoms with Gasteiger partial charge in [-0.25, -0.2) is 0 Å². The van der Waals surface area contributed by atoms with Crippen LogP contribution in [0.1, 0.15) is 39.2 Å². The minimum Gasteiger partial charge on any atom is -0.493 e. The Hall–Kier alpha value is -1.06. The molecule has 1 aromatic carbocycles. The van der Waals surface area contributed by atoms with Gasteiger partial charge < -0.3 is 14.8 Å². The summed E-state index contributed by atoms with van der Waals surface area (Å²) in [5.41, 5.74) is 1.44. The minimum absolute atomic E-state index is 0.151. The lowest BCUT2D eigenvalue weighted by atomic mass is 10.0. The van der Waals surface area contributed by atoms with Crippen LogP contribution >= 0.6 is 0 Å². The van der Waals surface area contributed by atoms with E-state index >= 15 is 0 Å². The Morgan fingerprint density at radius 2 is 1.80 bits per heavy atom. The predicted octanol–water partition coefficient (Wildman–Crippen LogP) is 3.38. The fourth-order valence-corrected chi connectivity index (χ4v) is 2.20. The maximum atomic E-state index is 5.87. The quantitative estimate of drug-likeness (QED) is 0.895. The maximum absolute atomic E-state index is 5.87. The molecule has 1 heterocycles. The molecule has 0 unspecified atom stereocenters. The van der Waals surface area contributed by atoms with Gasteiger partial charge in [-0.15, -0.1) is 0 Å². The Morgan fingerprint density at radius 1 is 1.15 bits per heavy atom. The maximum Gasteiger partial charge on any atom is 0.119 e. The van der Waals surface area contributed by atoms with E-state index in [1.807, 2.05) is 0 Å². The van der Waals surface area contributed by atoms with E-state index < -0.39 is 0 Å². The van der Waals surface area contributed by atoms with Crippen LogP contribution in [0.15, 0.2) is 24.3 Å². The van der Waals surface area contributed by atoms with Crippen LogP contribution in [-0.2, 0) is 11.3 Å². The summed E-state index contributed by atoms with van der Waals surface area (Å²) in [5.74, 6) is 1.61. The summed E-state index contributed by atoms with van der Waals surface area (Å²) < 4.78 is 11.2. The molecular formula is C17H27NO2. The van der Waals surface area contributed by atoms with Gasteiger partial charge >= 0.3 is 0 Å². The topological polar surface area (TPSA) is 30.5 Å². The SMILES string of the molecule is CC(C)(C)NCc1ccc(OCC2CCOCC2)cc1. The first-order valence-corrected chi connectivity index (χ1v) is 7.57. The van der Waals surface area contributed by atoms with Crippen molar-refractivity contribution >= 4 is 0 Å². The second kappa shape index (κ2) is 7.09. The molecule has 0 saturated carbocycles. The van der Waals surface area contributed by atoms with Crippen molar-refractivity contribution in [2.75, 3.05) is 19.8 Å². The Kier molecular flexibility index (Phi) is 5.44. The molecule has 1 N–H and O–H groups in total. The third-order valence-electron chi connectivity index (χ3n) is 3.57. The molecule has 112 valence electrons. The van der Waals surface area contributed by atoms with Crippen molar-refractivity contribution in [2.24, 2.45) is 5.92 Å². The van der Waals surface area contributed by atoms with Crippen LogP contribution in [0.25, 0.3) is 0 Å². The molecule has 20 heavy (non-hydrogen) atoms. The van der Waals surface area contributed by atoms with Crippen molar-refractivity contribution in [3.63, 3.8) is 0 Å². The zero-order valence-corrected chi connectivity index (χ0v) is 12.9. The van der Waals surface area contributed by atoms with Crippen LogP contribution in [0.5, 0.6) is 5.75 Å². The normalized spacial score (nSPS) is 17.1. The smallest absolute Gasteiger partial charge is 0.119 e. The van der Waals surface area contributed by atoms with E-state index in [9.17, 15) is 0 Å². The first kappa shape index (κ1) is 15.3. The minimum atomic E-state index is 0.151. The Labute approximate surface area is 122 Å². The molecule has 3 nitrogen and oxygen atoms in total. The highest BCUT2D eigenvalue weighted by Gasteiger charge is 2.14. The fraction of sp³-hybridized carbons (Fsp3) is 0.647. The molecule has 0 bridgehead atoms. The molecule has 0 radical (unpaired) electrons. The van der Waals surface area contributed by atoms with Crippen LogP contribution in [0.4, 0.5) is 0 Å². The number of ether oxygens (including phenoxy) is 2. The molecule has 1 aromatic rings. The largest absolute Gasteiger partial charge is 0.493 e. The zero-order valence-electron chi connectivity index (χ0n) is 12.9. The third kappa shape index (κ3) is 5.51. The number of nitrogens with one attached hydrogen (secondary N) is 1. The first-order chi connectivity index (χ1) is 9.53. The molecule has 1 saturated heterocycles. The molecule has 0 spiro atoms. The van der Waals surface area contributed by atoms with Crippen molar-refractivity contribution in [1.29, 1.82) is 0 Å². The highest BCUT2D eigenvalue weighted by molar-refractivity contribution is 5.27. The number of benzene rings is 1. The third-order valence-corrected chi connectivity index (χ3v) is 3.57. The number of rotatable bonds is 5. The highest BCUT2D eigenvalue weighted by atomic mass is 16.5. The van der Waals surface area contributed by atoms with Gasteiger partial charge in [-0.3, -0.25) is 0 Å². The average molecular weight is 277 g/mol. The fourth-order valence-electron chi connectivity index (χ4n) is 2.20. The Bertz CT molecular complexity index is 388. The van der Waals surface area contributed by atoms with Crippen molar-refractivity contribution < 1.29 is 9.47 Å². The van der Waals surface area contributed by atoms with Crippen molar-refractivity contribution in [2.45, 2.75) is 45.7 Å². The van der Waals surface area contributed by atoms with E-state index in [2.05, 4.69) is 50.4 Å². The van der Waals surface area contributed by atoms with Gasteiger partial charge in [0.15, 0.2) is 0 Å². The van der Waals surface area contributed by atoms with Gasteiger partial charge in [0.25, 0.3) is 0 Å². The summed E-state index contributed by atoms with van der Waals surface area (Å²) in [6, 6.07) is 8.41. The summed E-state index contributed by atoms with van der Waals surface area (Å²) in [6.45, 7) is 10.00. The summed E-state index contributed by atoms with van der Waals surface area (Å²) >= 11 is 0. The lowest BCUT2D eigenvalue weighted by Crippen LogP contribution is -2.35. The number of hydrogen-bond donors (Lipinski definition) is 1. The van der Waals surface area contributed by atoms with Crippen LogP contribution < -0.4 is 10.1 Å². The molecule has 3 heteroatoms. The molecule has 0 atom stereocenters.